The van der Waals surface area contributed by atoms with Crippen LogP contribution in [0.25, 0.3) is 11.0 Å². The minimum absolute atomic E-state index is 0.249. The molecule has 23 heavy (non-hydrogen) atoms. The smallest absolute Gasteiger partial charge is 0.333 e. The molecule has 0 saturated carbocycles. The first-order chi connectivity index (χ1) is 10.9. The van der Waals surface area contributed by atoms with Crippen LogP contribution in [0.3, 0.4) is 0 Å². The van der Waals surface area contributed by atoms with Crippen molar-refractivity contribution in [2.24, 2.45) is 0 Å². The second-order valence-corrected chi connectivity index (χ2v) is 9.72. The van der Waals surface area contributed by atoms with Gasteiger partial charge >= 0.3 is 19.1 Å². The maximum atomic E-state index is 12.8. The van der Waals surface area contributed by atoms with Crippen LogP contribution in [-0.2, 0) is 19.1 Å². The zero-order valence-electron chi connectivity index (χ0n) is 13.2. The van der Waals surface area contributed by atoms with Crippen molar-refractivity contribution in [3.05, 3.63) is 53.9 Å². The highest BCUT2D eigenvalue weighted by atomic mass is 32.9. The molecule has 0 aliphatic rings. The predicted molar refractivity (Wildman–Crippen MR) is 96.0 cm³/mol. The number of fused-ring (bicyclic) bond motifs is 1. The van der Waals surface area contributed by atoms with Crippen LogP contribution in [0.4, 0.5) is 0 Å². The lowest BCUT2D eigenvalue weighted by Gasteiger charge is -2.04. The van der Waals surface area contributed by atoms with Crippen LogP contribution in [-0.4, -0.2) is 18.7 Å². The number of imidazole rings is 1. The summed E-state index contributed by atoms with van der Waals surface area (Å²) in [5, 5.41) is 0. The van der Waals surface area contributed by atoms with Gasteiger partial charge in [-0.2, -0.15) is 4.21 Å². The number of hydrogen-bond donors (Lipinski definition) is 2. The van der Waals surface area contributed by atoms with E-state index in [1.54, 1.807) is 18.5 Å². The first-order valence-corrected chi connectivity index (χ1v) is 10.2. The lowest BCUT2D eigenvalue weighted by molar-refractivity contribution is 0.561. The quantitative estimate of drug-likeness (QED) is 0.699. The molecule has 1 aromatic heterocycles. The minimum atomic E-state index is -3.21. The molecule has 0 spiro atoms. The number of aromatic amines is 1. The second-order valence-electron chi connectivity index (χ2n) is 5.84. The monoisotopic (exact) mass is 347 g/mol. The molecule has 0 radical (unpaired) electrons. The fourth-order valence-corrected chi connectivity index (χ4v) is 5.54. The Morgan fingerprint density at radius 2 is 1.91 bits per heavy atom. The summed E-state index contributed by atoms with van der Waals surface area (Å²) in [6.45, 7) is 6.11. The van der Waals surface area contributed by atoms with Crippen molar-refractivity contribution in [2.75, 3.05) is 0 Å². The molecule has 2 aromatic carbocycles. The summed E-state index contributed by atoms with van der Waals surface area (Å²) in [5.74, 6) is 0.249. The molecule has 0 aliphatic carbocycles. The second kappa shape index (κ2) is 6.03. The van der Waals surface area contributed by atoms with Gasteiger partial charge in [0.1, 0.15) is 4.90 Å². The van der Waals surface area contributed by atoms with Crippen LogP contribution in [0.1, 0.15) is 30.9 Å². The van der Waals surface area contributed by atoms with Gasteiger partial charge in [0, 0.05) is 11.6 Å². The van der Waals surface area contributed by atoms with E-state index in [2.05, 4.69) is 23.8 Å². The Morgan fingerprint density at radius 1 is 1.22 bits per heavy atom. The molecule has 1 atom stereocenters. The normalized spacial score (nSPS) is 14.1. The largest absolute Gasteiger partial charge is 0.345 e. The third kappa shape index (κ3) is 3.29. The van der Waals surface area contributed by atoms with E-state index in [1.165, 1.54) is 0 Å². The van der Waals surface area contributed by atoms with Gasteiger partial charge < -0.3 is 4.98 Å². The zero-order chi connectivity index (χ0) is 16.6. The summed E-state index contributed by atoms with van der Waals surface area (Å²) in [6.07, 6.45) is 1.64. The number of aryl methyl sites for hydroxylation is 1. The fraction of sp³-hybridized carbons (Fsp3) is 0.235. The number of nitrogens with one attached hydrogen (secondary N) is 1. The molecule has 0 aliphatic heterocycles. The number of H-pyrrole nitrogens is 1. The molecule has 3 rings (SSSR count). The zero-order valence-corrected chi connectivity index (χ0v) is 14.9. The van der Waals surface area contributed by atoms with Gasteiger partial charge in [-0.25, -0.2) is 4.98 Å². The molecule has 120 valence electrons. The van der Waals surface area contributed by atoms with Gasteiger partial charge in [0.05, 0.1) is 17.4 Å². The van der Waals surface area contributed by atoms with Gasteiger partial charge in [0.25, 0.3) is 4.90 Å². The molecule has 0 bridgehead atoms. The Balaban J connectivity index is 2.20. The van der Waals surface area contributed by atoms with Gasteiger partial charge in [-0.05, 0) is 31.0 Å². The molecule has 6 heteroatoms. The first-order valence-electron chi connectivity index (χ1n) is 7.36. The lowest BCUT2D eigenvalue weighted by Crippen LogP contribution is -2.03. The molecule has 4 nitrogen and oxygen atoms in total. The van der Waals surface area contributed by atoms with E-state index in [9.17, 15) is 8.76 Å². The average Bonchev–Trinajstić information content (AvgIpc) is 2.93. The Bertz CT molecular complexity index is 966. The fourth-order valence-electron chi connectivity index (χ4n) is 2.38. The lowest BCUT2D eigenvalue weighted by atomic mass is 10.0. The van der Waals surface area contributed by atoms with Gasteiger partial charge in [-0.3, -0.25) is 4.55 Å². The molecule has 0 amide bonds. The number of hydrogen-bond acceptors (Lipinski definition) is 2. The molecular weight excluding hydrogens is 328 g/mol. The number of benzene rings is 2. The topological polar surface area (TPSA) is 66.0 Å². The standard InChI is InChI=1S/C17H18N2O2S2/c1-11(2)14-8-15-16(19-10-18-15)9-17(14)22-23(20,21)13-6-4-12(3)5-7-13/h4-11H,1-3H3,(H-,18,19,20,21)/p+1. The summed E-state index contributed by atoms with van der Waals surface area (Å²) in [4.78, 5) is 8.57. The van der Waals surface area contributed by atoms with Crippen LogP contribution in [0.2, 0.25) is 0 Å². The first kappa shape index (κ1) is 16.1. The molecular formula is C17H19N2O2S2+. The van der Waals surface area contributed by atoms with Crippen molar-refractivity contribution in [2.45, 2.75) is 36.5 Å². The highest BCUT2D eigenvalue weighted by molar-refractivity contribution is 8.36. The highest BCUT2D eigenvalue weighted by Gasteiger charge is 2.25. The van der Waals surface area contributed by atoms with E-state index in [0.29, 0.717) is 4.90 Å². The molecule has 1 heterocycles. The Labute approximate surface area is 139 Å². The van der Waals surface area contributed by atoms with Crippen molar-refractivity contribution < 1.29 is 8.76 Å². The minimum Gasteiger partial charge on any atom is -0.345 e. The van der Waals surface area contributed by atoms with E-state index in [-0.39, 0.29) is 5.92 Å². The van der Waals surface area contributed by atoms with Gasteiger partial charge in [0.2, 0.25) is 0 Å². The summed E-state index contributed by atoms with van der Waals surface area (Å²) < 4.78 is 23.3. The summed E-state index contributed by atoms with van der Waals surface area (Å²) >= 11 is 0. The maximum absolute atomic E-state index is 12.8. The van der Waals surface area contributed by atoms with Crippen LogP contribution in [0, 0.1) is 6.92 Å². The van der Waals surface area contributed by atoms with Crippen LogP contribution >= 0.6 is 0 Å². The van der Waals surface area contributed by atoms with Crippen LogP contribution < -0.4 is 0 Å². The van der Waals surface area contributed by atoms with E-state index in [0.717, 1.165) is 37.4 Å². The van der Waals surface area contributed by atoms with Crippen LogP contribution in [0.15, 0.2) is 52.5 Å². The van der Waals surface area contributed by atoms with E-state index >= 15 is 0 Å². The predicted octanol–water partition coefficient (Wildman–Crippen LogP) is 4.17. The van der Waals surface area contributed by atoms with E-state index in [1.807, 2.05) is 31.2 Å². The number of nitrogens with zero attached hydrogens (tertiary/aromatic N) is 1. The summed E-state index contributed by atoms with van der Waals surface area (Å²) in [6, 6.07) is 11.0. The van der Waals surface area contributed by atoms with Crippen LogP contribution in [0.5, 0.6) is 0 Å². The SMILES string of the molecule is Cc1ccc(S(=O)(O)=[S+]c2cc3nc[nH]c3cc2C(C)C)cc1. The molecule has 2 N–H and O–H groups in total. The van der Waals surface area contributed by atoms with Gasteiger partial charge in [0.15, 0.2) is 0 Å². The average molecular weight is 347 g/mol. The molecule has 0 saturated heterocycles. The van der Waals surface area contributed by atoms with Gasteiger partial charge in [-0.15, -0.1) is 0 Å². The number of aromatic nitrogens is 2. The maximum Gasteiger partial charge on any atom is 0.333 e. The molecule has 1 unspecified atom stereocenters. The van der Waals surface area contributed by atoms with Crippen molar-refractivity contribution in [1.82, 2.24) is 9.97 Å². The summed E-state index contributed by atoms with van der Waals surface area (Å²) in [7, 11) is -2.20. The third-order valence-electron chi connectivity index (χ3n) is 3.70. The molecule has 3 aromatic rings. The van der Waals surface area contributed by atoms with Crippen molar-refractivity contribution in [3.63, 3.8) is 0 Å². The van der Waals surface area contributed by atoms with Crippen molar-refractivity contribution >= 4 is 30.1 Å². The van der Waals surface area contributed by atoms with Crippen molar-refractivity contribution in [3.8, 4) is 0 Å². The summed E-state index contributed by atoms with van der Waals surface area (Å²) in [5.41, 5.74) is 3.85. The van der Waals surface area contributed by atoms with Crippen molar-refractivity contribution in [1.29, 1.82) is 0 Å². The Kier molecular flexibility index (Phi) is 4.23. The highest BCUT2D eigenvalue weighted by Crippen LogP contribution is 2.26. The number of rotatable bonds is 3. The third-order valence-corrected chi connectivity index (χ3v) is 7.12. The molecule has 0 fully saturated rings. The Hall–Kier alpha value is -1.76. The Morgan fingerprint density at radius 3 is 2.57 bits per heavy atom. The van der Waals surface area contributed by atoms with Gasteiger partial charge in [-0.1, -0.05) is 31.5 Å². The van der Waals surface area contributed by atoms with E-state index < -0.39 is 8.77 Å². The van der Waals surface area contributed by atoms with E-state index in [4.69, 9.17) is 0 Å².